The molecule has 0 aromatic carbocycles. The van der Waals surface area contributed by atoms with Crippen molar-refractivity contribution in [1.82, 2.24) is 15.2 Å². The van der Waals surface area contributed by atoms with Crippen LogP contribution in [0.15, 0.2) is 30.5 Å². The van der Waals surface area contributed by atoms with E-state index in [0.717, 1.165) is 5.82 Å². The molecule has 0 saturated heterocycles. The summed E-state index contributed by atoms with van der Waals surface area (Å²) in [7, 11) is 0. The maximum Gasteiger partial charge on any atom is 0.238 e. The maximum atomic E-state index is 11.9. The third-order valence-electron chi connectivity index (χ3n) is 3.02. The van der Waals surface area contributed by atoms with Crippen molar-refractivity contribution in [1.29, 1.82) is 5.26 Å². The van der Waals surface area contributed by atoms with Crippen LogP contribution in [0.25, 0.3) is 0 Å². The quantitative estimate of drug-likeness (QED) is 0.606. The number of nitrogens with one attached hydrogen (secondary N) is 2. The lowest BCUT2D eigenvalue weighted by molar-refractivity contribution is -0.129. The topological polar surface area (TPSA) is 81.0 Å². The second-order valence-electron chi connectivity index (χ2n) is 4.51. The van der Waals surface area contributed by atoms with Crippen molar-refractivity contribution >= 4 is 23.3 Å². The normalized spacial score (nSPS) is 16.8. The summed E-state index contributed by atoms with van der Waals surface area (Å²) < 4.78 is 0. The van der Waals surface area contributed by atoms with Gasteiger partial charge in [0.25, 0.3) is 0 Å². The molecule has 0 bridgehead atoms. The first-order valence-electron chi connectivity index (χ1n) is 6.62. The Labute approximate surface area is 128 Å². The van der Waals surface area contributed by atoms with E-state index >= 15 is 0 Å². The zero-order chi connectivity index (χ0) is 15.1. The molecule has 0 unspecified atom stereocenters. The Balaban J connectivity index is 1.63. The molecule has 2 heterocycles. The largest absolute Gasteiger partial charge is 0.369 e. The molecular formula is C14H16ClN5O. The molecule has 1 aromatic heterocycles. The molecule has 0 fully saturated rings. The van der Waals surface area contributed by atoms with Crippen LogP contribution in [0.5, 0.6) is 0 Å². The van der Waals surface area contributed by atoms with E-state index in [1.54, 1.807) is 29.3 Å². The molecule has 0 aliphatic carbocycles. The number of aromatic nitrogens is 1. The van der Waals surface area contributed by atoms with Gasteiger partial charge < -0.3 is 15.5 Å². The smallest absolute Gasteiger partial charge is 0.238 e. The van der Waals surface area contributed by atoms with E-state index in [-0.39, 0.29) is 12.5 Å². The predicted octanol–water partition coefficient (Wildman–Crippen LogP) is 1.03. The second kappa shape index (κ2) is 7.62. The van der Waals surface area contributed by atoms with Gasteiger partial charge in [-0.25, -0.2) is 4.98 Å². The van der Waals surface area contributed by atoms with Crippen molar-refractivity contribution in [3.8, 4) is 6.07 Å². The molecule has 0 spiro atoms. The Hall–Kier alpha value is -2.10. The van der Waals surface area contributed by atoms with Gasteiger partial charge in [-0.1, -0.05) is 17.7 Å². The number of nitriles is 1. The first kappa shape index (κ1) is 15.3. The molecule has 1 amide bonds. The lowest BCUT2D eigenvalue weighted by Crippen LogP contribution is -2.41. The number of hydrogen-bond donors (Lipinski definition) is 2. The van der Waals surface area contributed by atoms with Gasteiger partial charge in [0, 0.05) is 25.8 Å². The molecule has 2 rings (SSSR count). The highest BCUT2D eigenvalue weighted by Gasteiger charge is 2.23. The molecular weight excluding hydrogens is 290 g/mol. The number of nitrogens with zero attached hydrogens (tertiary/aromatic N) is 3. The molecule has 0 saturated carbocycles. The van der Waals surface area contributed by atoms with Gasteiger partial charge >= 0.3 is 0 Å². The molecule has 2 N–H and O–H groups in total. The zero-order valence-corrected chi connectivity index (χ0v) is 12.2. The van der Waals surface area contributed by atoms with Crippen LogP contribution in [0.3, 0.4) is 0 Å². The van der Waals surface area contributed by atoms with E-state index in [4.69, 9.17) is 16.9 Å². The monoisotopic (exact) mass is 305 g/mol. The maximum absolute atomic E-state index is 11.9. The summed E-state index contributed by atoms with van der Waals surface area (Å²) in [6, 6.07) is 5.20. The molecule has 7 heteroatoms. The Morgan fingerprint density at radius 2 is 2.38 bits per heavy atom. The van der Waals surface area contributed by atoms with Gasteiger partial charge in [-0.3, -0.25) is 4.79 Å². The van der Waals surface area contributed by atoms with Gasteiger partial charge in [-0.15, -0.1) is 0 Å². The summed E-state index contributed by atoms with van der Waals surface area (Å²) in [5.74, 6) is 0.664. The van der Waals surface area contributed by atoms with Gasteiger partial charge in [-0.05, 0) is 18.2 Å². The van der Waals surface area contributed by atoms with Crippen LogP contribution in [0.4, 0.5) is 5.82 Å². The SMILES string of the molecule is N#C[C@@H]1C=CCN1C(=O)CNCCNc1ccc(Cl)cn1. The molecule has 1 aliphatic heterocycles. The van der Waals surface area contributed by atoms with Crippen molar-refractivity contribution in [3.63, 3.8) is 0 Å². The Bertz CT molecular complexity index is 551. The van der Waals surface area contributed by atoms with Crippen molar-refractivity contribution in [3.05, 3.63) is 35.5 Å². The Morgan fingerprint density at radius 3 is 3.10 bits per heavy atom. The zero-order valence-electron chi connectivity index (χ0n) is 11.4. The van der Waals surface area contributed by atoms with E-state index in [9.17, 15) is 4.79 Å². The fourth-order valence-electron chi connectivity index (χ4n) is 1.95. The summed E-state index contributed by atoms with van der Waals surface area (Å²) >= 11 is 5.74. The van der Waals surface area contributed by atoms with Crippen LogP contribution in [0.1, 0.15) is 0 Å². The second-order valence-corrected chi connectivity index (χ2v) is 4.95. The van der Waals surface area contributed by atoms with E-state index < -0.39 is 6.04 Å². The molecule has 1 atom stereocenters. The van der Waals surface area contributed by atoms with E-state index in [0.29, 0.717) is 24.7 Å². The van der Waals surface area contributed by atoms with Gasteiger partial charge in [0.1, 0.15) is 11.9 Å². The highest BCUT2D eigenvalue weighted by Crippen LogP contribution is 2.09. The lowest BCUT2D eigenvalue weighted by Gasteiger charge is -2.19. The van der Waals surface area contributed by atoms with Crippen molar-refractivity contribution in [2.24, 2.45) is 0 Å². The predicted molar refractivity (Wildman–Crippen MR) is 80.9 cm³/mol. The molecule has 0 radical (unpaired) electrons. The van der Waals surface area contributed by atoms with Crippen LogP contribution in [0, 0.1) is 11.3 Å². The number of carbonyl (C=O) groups excluding carboxylic acids is 1. The van der Waals surface area contributed by atoms with E-state index in [1.165, 1.54) is 0 Å². The summed E-state index contributed by atoms with van der Waals surface area (Å²) in [6.07, 6.45) is 5.15. The van der Waals surface area contributed by atoms with Gasteiger partial charge in [-0.2, -0.15) is 5.26 Å². The van der Waals surface area contributed by atoms with Gasteiger partial charge in [0.15, 0.2) is 0 Å². The van der Waals surface area contributed by atoms with Gasteiger partial charge in [0.05, 0.1) is 17.6 Å². The van der Waals surface area contributed by atoms with Crippen molar-refractivity contribution < 1.29 is 4.79 Å². The van der Waals surface area contributed by atoms with Crippen LogP contribution >= 0.6 is 11.6 Å². The minimum Gasteiger partial charge on any atom is -0.369 e. The van der Waals surface area contributed by atoms with E-state index in [2.05, 4.69) is 21.7 Å². The van der Waals surface area contributed by atoms with Crippen LogP contribution in [0.2, 0.25) is 5.02 Å². The fraction of sp³-hybridized carbons (Fsp3) is 0.357. The third kappa shape index (κ3) is 4.45. The first-order chi connectivity index (χ1) is 10.2. The number of rotatable bonds is 6. The number of pyridine rings is 1. The molecule has 6 nitrogen and oxygen atoms in total. The fourth-order valence-corrected chi connectivity index (χ4v) is 2.06. The van der Waals surface area contributed by atoms with Crippen LogP contribution < -0.4 is 10.6 Å². The average molecular weight is 306 g/mol. The molecule has 1 aromatic rings. The average Bonchev–Trinajstić information content (AvgIpc) is 2.97. The summed E-state index contributed by atoms with van der Waals surface area (Å²) in [5.41, 5.74) is 0. The minimum atomic E-state index is -0.435. The van der Waals surface area contributed by atoms with E-state index in [1.807, 2.05) is 6.08 Å². The first-order valence-corrected chi connectivity index (χ1v) is 7.00. The minimum absolute atomic E-state index is 0.0730. The number of anilines is 1. The number of hydrogen-bond acceptors (Lipinski definition) is 5. The number of halogens is 1. The summed E-state index contributed by atoms with van der Waals surface area (Å²) in [4.78, 5) is 17.6. The summed E-state index contributed by atoms with van der Waals surface area (Å²) in [6.45, 7) is 1.98. The third-order valence-corrected chi connectivity index (χ3v) is 3.24. The summed E-state index contributed by atoms with van der Waals surface area (Å²) in [5, 5.41) is 15.6. The highest BCUT2D eigenvalue weighted by molar-refractivity contribution is 6.30. The Kier molecular flexibility index (Phi) is 5.55. The van der Waals surface area contributed by atoms with Gasteiger partial charge in [0.2, 0.25) is 5.91 Å². The Morgan fingerprint density at radius 1 is 1.52 bits per heavy atom. The number of carbonyl (C=O) groups is 1. The molecule has 1 aliphatic rings. The highest BCUT2D eigenvalue weighted by atomic mass is 35.5. The lowest BCUT2D eigenvalue weighted by atomic mass is 10.3. The number of amides is 1. The van der Waals surface area contributed by atoms with Crippen molar-refractivity contribution in [2.75, 3.05) is 31.5 Å². The van der Waals surface area contributed by atoms with Crippen LogP contribution in [-0.2, 0) is 4.79 Å². The van der Waals surface area contributed by atoms with Crippen molar-refractivity contribution in [2.45, 2.75) is 6.04 Å². The van der Waals surface area contributed by atoms with Crippen LogP contribution in [-0.4, -0.2) is 48.0 Å². The molecule has 21 heavy (non-hydrogen) atoms. The standard InChI is InChI=1S/C14H16ClN5O/c15-11-3-4-13(19-9-11)18-6-5-17-10-14(21)20-7-1-2-12(20)8-16/h1-4,9,12,17H,5-7,10H2,(H,18,19)/t12-/m0/s1. The molecule has 110 valence electrons.